The molecule has 0 atom stereocenters. The van der Waals surface area contributed by atoms with Crippen LogP contribution in [-0.2, 0) is 0 Å². The topological polar surface area (TPSA) is 62.8 Å². The summed E-state index contributed by atoms with van der Waals surface area (Å²) >= 11 is 0. The predicted molar refractivity (Wildman–Crippen MR) is 73.5 cm³/mol. The molecule has 1 aromatic heterocycles. The molecule has 0 aliphatic heterocycles. The Labute approximate surface area is 112 Å². The molecule has 0 bridgehead atoms. The maximum absolute atomic E-state index is 9.07. The van der Waals surface area contributed by atoms with E-state index in [1.807, 2.05) is 12.1 Å². The number of fused-ring (bicyclic) bond motifs is 1. The minimum atomic E-state index is -1.57. The van der Waals surface area contributed by atoms with Crippen LogP contribution in [0.5, 0.6) is 5.75 Å². The zero-order chi connectivity index (χ0) is 13.2. The average Bonchev–Trinajstić information content (AvgIpc) is 3.04. The Bertz CT molecular complexity index is 558. The Hall–Kier alpha value is -1.46. The fourth-order valence-electron chi connectivity index (χ4n) is 2.65. The highest BCUT2D eigenvalue weighted by Crippen LogP contribution is 2.27. The van der Waals surface area contributed by atoms with E-state index >= 15 is 0 Å². The molecular formula is C14H17BO4. The molecule has 5 heteroatoms. The molecule has 1 heterocycles. The van der Waals surface area contributed by atoms with E-state index in [4.69, 9.17) is 19.2 Å². The Morgan fingerprint density at radius 1 is 1.21 bits per heavy atom. The number of rotatable bonds is 4. The van der Waals surface area contributed by atoms with Crippen molar-refractivity contribution in [2.24, 2.45) is 5.92 Å². The lowest BCUT2D eigenvalue weighted by Crippen LogP contribution is -2.27. The van der Waals surface area contributed by atoms with Gasteiger partial charge in [-0.15, -0.1) is 0 Å². The van der Waals surface area contributed by atoms with Gasteiger partial charge < -0.3 is 19.2 Å². The second kappa shape index (κ2) is 5.27. The molecule has 1 aliphatic carbocycles. The Morgan fingerprint density at radius 2 is 2.00 bits per heavy atom. The van der Waals surface area contributed by atoms with Crippen molar-refractivity contribution in [3.8, 4) is 5.75 Å². The minimum Gasteiger partial charge on any atom is -0.493 e. The maximum Gasteiger partial charge on any atom is 0.526 e. The van der Waals surface area contributed by atoms with Crippen molar-refractivity contribution in [1.29, 1.82) is 0 Å². The molecule has 1 fully saturated rings. The fourth-order valence-corrected chi connectivity index (χ4v) is 2.65. The van der Waals surface area contributed by atoms with Crippen LogP contribution in [0.3, 0.4) is 0 Å². The van der Waals surface area contributed by atoms with Gasteiger partial charge in [0.1, 0.15) is 17.0 Å². The third kappa shape index (κ3) is 2.77. The van der Waals surface area contributed by atoms with Crippen molar-refractivity contribution in [1.82, 2.24) is 0 Å². The van der Waals surface area contributed by atoms with Crippen LogP contribution in [0, 0.1) is 5.92 Å². The number of hydrogen-bond donors (Lipinski definition) is 2. The van der Waals surface area contributed by atoms with E-state index in [2.05, 4.69) is 0 Å². The molecule has 0 saturated heterocycles. The van der Waals surface area contributed by atoms with Crippen molar-refractivity contribution in [3.63, 3.8) is 0 Å². The van der Waals surface area contributed by atoms with Crippen LogP contribution in [0.2, 0.25) is 0 Å². The summed E-state index contributed by atoms with van der Waals surface area (Å²) in [6.45, 7) is 0.763. The molecule has 1 aromatic carbocycles. The first-order chi connectivity index (χ1) is 9.22. The molecule has 4 nitrogen and oxygen atoms in total. The summed E-state index contributed by atoms with van der Waals surface area (Å²) in [5.41, 5.74) is 0.791. The van der Waals surface area contributed by atoms with Crippen molar-refractivity contribution in [2.75, 3.05) is 6.61 Å². The molecule has 3 rings (SSSR count). The maximum atomic E-state index is 9.07. The molecule has 0 unspecified atom stereocenters. The van der Waals surface area contributed by atoms with Gasteiger partial charge in [0.25, 0.3) is 0 Å². The van der Waals surface area contributed by atoms with Gasteiger partial charge in [-0.05, 0) is 43.0 Å². The van der Waals surface area contributed by atoms with Gasteiger partial charge in [-0.3, -0.25) is 0 Å². The lowest BCUT2D eigenvalue weighted by molar-refractivity contribution is 0.252. The van der Waals surface area contributed by atoms with Gasteiger partial charge in [-0.25, -0.2) is 0 Å². The number of hydrogen-bond acceptors (Lipinski definition) is 4. The number of benzene rings is 1. The van der Waals surface area contributed by atoms with Crippen molar-refractivity contribution in [3.05, 3.63) is 24.3 Å². The van der Waals surface area contributed by atoms with E-state index in [1.54, 1.807) is 12.1 Å². The Balaban J connectivity index is 1.73. The molecule has 1 aliphatic rings. The van der Waals surface area contributed by atoms with Gasteiger partial charge in [0.05, 0.1) is 6.61 Å². The average molecular weight is 260 g/mol. The minimum absolute atomic E-state index is 0.156. The lowest BCUT2D eigenvalue weighted by atomic mass is 9.88. The van der Waals surface area contributed by atoms with Crippen LogP contribution in [0.15, 0.2) is 28.7 Å². The highest BCUT2D eigenvalue weighted by molar-refractivity contribution is 6.57. The highest BCUT2D eigenvalue weighted by atomic mass is 16.5. The lowest BCUT2D eigenvalue weighted by Gasteiger charge is -2.11. The molecular weight excluding hydrogens is 243 g/mol. The Kier molecular flexibility index (Phi) is 3.49. The number of furan rings is 1. The quantitative estimate of drug-likeness (QED) is 0.821. The normalized spacial score (nSPS) is 16.1. The standard InChI is InChI=1S/C14H17BO4/c16-15(17)14-8-11-7-12(5-6-13(11)19-14)18-9-10-3-1-2-4-10/h5-8,10,16-17H,1-4,9H2. The van der Waals surface area contributed by atoms with Crippen molar-refractivity contribution in [2.45, 2.75) is 25.7 Å². The molecule has 0 spiro atoms. The van der Waals surface area contributed by atoms with Crippen LogP contribution in [0.1, 0.15) is 25.7 Å². The molecule has 0 amide bonds. The zero-order valence-corrected chi connectivity index (χ0v) is 10.7. The SMILES string of the molecule is OB(O)c1cc2cc(OCC3CCCC3)ccc2o1. The molecule has 2 N–H and O–H groups in total. The van der Waals surface area contributed by atoms with E-state index in [1.165, 1.54) is 25.7 Å². The summed E-state index contributed by atoms with van der Waals surface area (Å²) in [6.07, 6.45) is 5.14. The third-order valence-electron chi connectivity index (χ3n) is 3.72. The Morgan fingerprint density at radius 3 is 2.74 bits per heavy atom. The van der Waals surface area contributed by atoms with Crippen LogP contribution < -0.4 is 10.4 Å². The van der Waals surface area contributed by atoms with Crippen LogP contribution in [-0.4, -0.2) is 23.8 Å². The van der Waals surface area contributed by atoms with Gasteiger partial charge in [0.15, 0.2) is 0 Å². The first-order valence-electron chi connectivity index (χ1n) is 6.75. The van der Waals surface area contributed by atoms with Gasteiger partial charge in [0, 0.05) is 5.39 Å². The molecule has 0 radical (unpaired) electrons. The monoisotopic (exact) mass is 260 g/mol. The summed E-state index contributed by atoms with van der Waals surface area (Å²) in [5, 5.41) is 19.0. The van der Waals surface area contributed by atoms with E-state index in [-0.39, 0.29) is 5.66 Å². The smallest absolute Gasteiger partial charge is 0.493 e. The van der Waals surface area contributed by atoms with E-state index in [0.717, 1.165) is 17.7 Å². The third-order valence-corrected chi connectivity index (χ3v) is 3.72. The van der Waals surface area contributed by atoms with Gasteiger partial charge in [0.2, 0.25) is 0 Å². The van der Waals surface area contributed by atoms with E-state index < -0.39 is 7.12 Å². The zero-order valence-electron chi connectivity index (χ0n) is 10.7. The summed E-state index contributed by atoms with van der Waals surface area (Å²) in [5.74, 6) is 1.48. The van der Waals surface area contributed by atoms with Crippen LogP contribution in [0.4, 0.5) is 0 Å². The highest BCUT2D eigenvalue weighted by Gasteiger charge is 2.18. The first kappa shape index (κ1) is 12.6. The summed E-state index contributed by atoms with van der Waals surface area (Å²) in [6, 6.07) is 7.15. The first-order valence-corrected chi connectivity index (χ1v) is 6.75. The largest absolute Gasteiger partial charge is 0.526 e. The molecule has 19 heavy (non-hydrogen) atoms. The molecule has 1 saturated carbocycles. The predicted octanol–water partition coefficient (Wildman–Crippen LogP) is 1.68. The second-order valence-corrected chi connectivity index (χ2v) is 5.18. The van der Waals surface area contributed by atoms with Gasteiger partial charge in [-0.1, -0.05) is 12.8 Å². The van der Waals surface area contributed by atoms with Crippen molar-refractivity contribution >= 4 is 23.7 Å². The number of ether oxygens (including phenoxy) is 1. The summed E-state index contributed by atoms with van der Waals surface area (Å²) < 4.78 is 11.1. The van der Waals surface area contributed by atoms with E-state index in [9.17, 15) is 0 Å². The van der Waals surface area contributed by atoms with Crippen LogP contribution >= 0.6 is 0 Å². The second-order valence-electron chi connectivity index (χ2n) is 5.18. The van der Waals surface area contributed by atoms with Gasteiger partial charge in [-0.2, -0.15) is 0 Å². The fraction of sp³-hybridized carbons (Fsp3) is 0.429. The van der Waals surface area contributed by atoms with Gasteiger partial charge >= 0.3 is 7.12 Å². The summed E-state index contributed by atoms with van der Waals surface area (Å²) in [4.78, 5) is 0. The molecule has 2 aromatic rings. The van der Waals surface area contributed by atoms with Crippen molar-refractivity contribution < 1.29 is 19.2 Å². The van der Waals surface area contributed by atoms with Crippen LogP contribution in [0.25, 0.3) is 11.0 Å². The summed E-state index contributed by atoms with van der Waals surface area (Å²) in [7, 11) is -1.57. The van der Waals surface area contributed by atoms with E-state index in [0.29, 0.717) is 11.5 Å². The molecule has 100 valence electrons.